The molecule has 0 spiro atoms. The number of hydrogen-bond acceptors (Lipinski definition) is 2. The van der Waals surface area contributed by atoms with Gasteiger partial charge in [0.1, 0.15) is 17.2 Å². The van der Waals surface area contributed by atoms with Crippen LogP contribution in [0, 0.1) is 19.3 Å². The Morgan fingerprint density at radius 3 is 2.29 bits per heavy atom. The maximum absolute atomic E-state index is 6.55. The van der Waals surface area contributed by atoms with E-state index in [-0.39, 0.29) is 11.0 Å². The van der Waals surface area contributed by atoms with Crippen LogP contribution in [0.25, 0.3) is 16.9 Å². The summed E-state index contributed by atoms with van der Waals surface area (Å²) in [5, 5.41) is 4.99. The summed E-state index contributed by atoms with van der Waals surface area (Å²) in [4.78, 5) is 4.95. The summed E-state index contributed by atoms with van der Waals surface area (Å²) in [6.45, 7) is 15.4. The molecule has 0 bridgehead atoms. The van der Waals surface area contributed by atoms with Gasteiger partial charge in [0.15, 0.2) is 0 Å². The zero-order valence-corrected chi connectivity index (χ0v) is 19.3. The number of pyridine rings is 1. The van der Waals surface area contributed by atoms with Crippen LogP contribution in [0.5, 0.6) is 0 Å². The van der Waals surface area contributed by atoms with E-state index in [9.17, 15) is 0 Å². The van der Waals surface area contributed by atoms with Gasteiger partial charge in [-0.05, 0) is 75.4 Å². The molecule has 0 radical (unpaired) electrons. The van der Waals surface area contributed by atoms with E-state index in [1.54, 1.807) is 6.07 Å². The summed E-state index contributed by atoms with van der Waals surface area (Å²) in [6.07, 6.45) is 1.01. The van der Waals surface area contributed by atoms with Crippen molar-refractivity contribution in [3.05, 3.63) is 51.6 Å². The number of rotatable bonds is 4. The summed E-state index contributed by atoms with van der Waals surface area (Å²) in [7, 11) is 0. The fraction of sp³-hybridized carbons (Fsp3) is 0.435. The van der Waals surface area contributed by atoms with Gasteiger partial charge in [0, 0.05) is 21.8 Å². The standard InChI is InChI=1S/C23H29Cl2N3/c1-14-10-15(2)28-19(11-14)26-20(17-9-8-16(24)12-18(17)25)21(28)27-23(6,7)13-22(3,4)5/h8-12,27H,13H2,1-7H3. The molecule has 2 heterocycles. The Bertz CT molecular complexity index is 1030. The number of aryl methyl sites for hydroxylation is 2. The topological polar surface area (TPSA) is 29.3 Å². The first-order valence-electron chi connectivity index (χ1n) is 9.60. The average molecular weight is 418 g/mol. The van der Waals surface area contributed by atoms with Crippen LogP contribution in [0.15, 0.2) is 30.3 Å². The van der Waals surface area contributed by atoms with Gasteiger partial charge in [0.25, 0.3) is 0 Å². The predicted octanol–water partition coefficient (Wildman–Crippen LogP) is 7.55. The number of anilines is 1. The number of halogens is 2. The third-order valence-corrected chi connectivity index (χ3v) is 5.21. The van der Waals surface area contributed by atoms with Crippen molar-refractivity contribution in [1.82, 2.24) is 9.38 Å². The van der Waals surface area contributed by atoms with E-state index in [0.717, 1.165) is 34.8 Å². The highest BCUT2D eigenvalue weighted by Crippen LogP contribution is 2.38. The lowest BCUT2D eigenvalue weighted by molar-refractivity contribution is 0.302. The summed E-state index contributed by atoms with van der Waals surface area (Å²) >= 11 is 12.7. The first kappa shape index (κ1) is 21.0. The van der Waals surface area contributed by atoms with Crippen molar-refractivity contribution >= 4 is 34.7 Å². The molecule has 0 aliphatic rings. The van der Waals surface area contributed by atoms with Gasteiger partial charge in [0.2, 0.25) is 0 Å². The molecule has 0 amide bonds. The summed E-state index contributed by atoms with van der Waals surface area (Å²) in [5.41, 5.74) is 5.02. The minimum atomic E-state index is -0.126. The van der Waals surface area contributed by atoms with Crippen LogP contribution in [-0.4, -0.2) is 14.9 Å². The van der Waals surface area contributed by atoms with Gasteiger partial charge >= 0.3 is 0 Å². The third kappa shape index (κ3) is 4.47. The summed E-state index contributed by atoms with van der Waals surface area (Å²) in [5.74, 6) is 0.964. The zero-order valence-electron chi connectivity index (χ0n) is 17.7. The second kappa shape index (κ2) is 7.27. The quantitative estimate of drug-likeness (QED) is 0.474. The molecule has 28 heavy (non-hydrogen) atoms. The number of hydrogen-bond donors (Lipinski definition) is 1. The van der Waals surface area contributed by atoms with E-state index in [2.05, 4.69) is 70.3 Å². The first-order valence-corrected chi connectivity index (χ1v) is 10.4. The van der Waals surface area contributed by atoms with Crippen molar-refractivity contribution in [3.63, 3.8) is 0 Å². The number of nitrogens with zero attached hydrogens (tertiary/aromatic N) is 2. The van der Waals surface area contributed by atoms with Crippen molar-refractivity contribution in [1.29, 1.82) is 0 Å². The molecule has 0 aliphatic carbocycles. The number of fused-ring (bicyclic) bond motifs is 1. The van der Waals surface area contributed by atoms with Gasteiger partial charge in [-0.25, -0.2) is 4.98 Å². The SMILES string of the molecule is Cc1cc(C)n2c(NC(C)(C)CC(C)(C)C)c(-c3ccc(Cl)cc3Cl)nc2c1. The minimum Gasteiger partial charge on any atom is -0.364 e. The van der Waals surface area contributed by atoms with Gasteiger partial charge in [0.05, 0.1) is 5.02 Å². The fourth-order valence-corrected chi connectivity index (χ4v) is 4.70. The predicted molar refractivity (Wildman–Crippen MR) is 122 cm³/mol. The Balaban J connectivity index is 2.23. The highest BCUT2D eigenvalue weighted by atomic mass is 35.5. The Hall–Kier alpha value is -1.71. The molecule has 1 aromatic carbocycles. The maximum atomic E-state index is 6.55. The van der Waals surface area contributed by atoms with Crippen molar-refractivity contribution < 1.29 is 0 Å². The second-order valence-electron chi connectivity index (χ2n) is 9.55. The lowest BCUT2D eigenvalue weighted by Crippen LogP contribution is -2.36. The van der Waals surface area contributed by atoms with E-state index in [4.69, 9.17) is 28.2 Å². The van der Waals surface area contributed by atoms with Gasteiger partial charge in [-0.15, -0.1) is 0 Å². The van der Waals surface area contributed by atoms with E-state index in [0.29, 0.717) is 10.0 Å². The molecule has 0 unspecified atom stereocenters. The number of benzene rings is 1. The second-order valence-corrected chi connectivity index (χ2v) is 10.4. The normalized spacial score (nSPS) is 12.6. The third-order valence-electron chi connectivity index (χ3n) is 4.66. The highest BCUT2D eigenvalue weighted by molar-refractivity contribution is 6.36. The molecule has 5 heteroatoms. The van der Waals surface area contributed by atoms with E-state index in [1.807, 2.05) is 12.1 Å². The number of aromatic nitrogens is 2. The Labute approximate surface area is 178 Å². The molecule has 1 N–H and O–H groups in total. The number of imidazole rings is 1. The van der Waals surface area contributed by atoms with E-state index < -0.39 is 0 Å². The van der Waals surface area contributed by atoms with Crippen molar-refractivity contribution in [2.75, 3.05) is 5.32 Å². The van der Waals surface area contributed by atoms with Crippen molar-refractivity contribution in [3.8, 4) is 11.3 Å². The molecule has 150 valence electrons. The molecule has 0 saturated heterocycles. The van der Waals surface area contributed by atoms with Crippen LogP contribution < -0.4 is 5.32 Å². The number of nitrogens with one attached hydrogen (secondary N) is 1. The lowest BCUT2D eigenvalue weighted by atomic mass is 9.82. The van der Waals surface area contributed by atoms with Crippen molar-refractivity contribution in [2.45, 2.75) is 60.4 Å². The molecular formula is C23H29Cl2N3. The minimum absolute atomic E-state index is 0.126. The van der Waals surface area contributed by atoms with Gasteiger partial charge < -0.3 is 5.32 Å². The van der Waals surface area contributed by atoms with Crippen LogP contribution >= 0.6 is 23.2 Å². The molecular weight excluding hydrogens is 389 g/mol. The Kier molecular flexibility index (Phi) is 5.46. The summed E-state index contributed by atoms with van der Waals surface area (Å²) in [6, 6.07) is 9.84. The molecule has 3 rings (SSSR count). The maximum Gasteiger partial charge on any atom is 0.139 e. The summed E-state index contributed by atoms with van der Waals surface area (Å²) < 4.78 is 2.18. The lowest BCUT2D eigenvalue weighted by Gasteiger charge is -2.34. The molecule has 0 saturated carbocycles. The van der Waals surface area contributed by atoms with Crippen LogP contribution in [0.4, 0.5) is 5.82 Å². The molecule has 0 atom stereocenters. The van der Waals surface area contributed by atoms with Gasteiger partial charge in [-0.2, -0.15) is 0 Å². The van der Waals surface area contributed by atoms with Crippen LogP contribution in [0.1, 0.15) is 52.3 Å². The van der Waals surface area contributed by atoms with Gasteiger partial charge in [-0.1, -0.05) is 44.0 Å². The van der Waals surface area contributed by atoms with E-state index >= 15 is 0 Å². The van der Waals surface area contributed by atoms with Crippen LogP contribution in [-0.2, 0) is 0 Å². The van der Waals surface area contributed by atoms with Crippen molar-refractivity contribution in [2.24, 2.45) is 5.41 Å². The molecule has 3 aromatic rings. The molecule has 0 fully saturated rings. The molecule has 2 aromatic heterocycles. The largest absolute Gasteiger partial charge is 0.364 e. The van der Waals surface area contributed by atoms with E-state index in [1.165, 1.54) is 5.56 Å². The monoisotopic (exact) mass is 417 g/mol. The Morgan fingerprint density at radius 1 is 1.00 bits per heavy atom. The Morgan fingerprint density at radius 2 is 1.68 bits per heavy atom. The first-order chi connectivity index (χ1) is 12.9. The highest BCUT2D eigenvalue weighted by Gasteiger charge is 2.28. The fourth-order valence-electron chi connectivity index (χ4n) is 4.21. The van der Waals surface area contributed by atoms with Crippen LogP contribution in [0.3, 0.4) is 0 Å². The zero-order chi connectivity index (χ0) is 20.9. The molecule has 0 aliphatic heterocycles. The average Bonchev–Trinajstić information content (AvgIpc) is 2.82. The van der Waals surface area contributed by atoms with Crippen LogP contribution in [0.2, 0.25) is 10.0 Å². The molecule has 3 nitrogen and oxygen atoms in total. The van der Waals surface area contributed by atoms with Gasteiger partial charge in [-0.3, -0.25) is 4.40 Å². The smallest absolute Gasteiger partial charge is 0.139 e.